The van der Waals surface area contributed by atoms with E-state index in [9.17, 15) is 9.90 Å². The highest BCUT2D eigenvalue weighted by Gasteiger charge is 2.28. The number of carbonyl (C=O) groups excluding carboxylic acids is 1. The molecule has 0 aromatic heterocycles. The summed E-state index contributed by atoms with van der Waals surface area (Å²) in [5.74, 6) is -0.0778. The fourth-order valence-corrected chi connectivity index (χ4v) is 2.85. The van der Waals surface area contributed by atoms with Gasteiger partial charge in [-0.25, -0.2) is 4.79 Å². The van der Waals surface area contributed by atoms with Crippen LogP contribution in [-0.4, -0.2) is 25.3 Å². The van der Waals surface area contributed by atoms with Crippen LogP contribution < -0.4 is 4.74 Å². The van der Waals surface area contributed by atoms with E-state index in [2.05, 4.69) is 4.74 Å². The SMILES string of the molecule is COC(=O)C(O)c1c(OC)cc(C)c2c1CCCC2. The van der Waals surface area contributed by atoms with Crippen LogP contribution in [0.1, 0.15) is 41.2 Å². The zero-order chi connectivity index (χ0) is 14.0. The first-order valence-corrected chi connectivity index (χ1v) is 6.55. The number of ether oxygens (including phenoxy) is 2. The van der Waals surface area contributed by atoms with E-state index in [0.29, 0.717) is 11.3 Å². The van der Waals surface area contributed by atoms with E-state index >= 15 is 0 Å². The molecule has 2 rings (SSSR count). The van der Waals surface area contributed by atoms with E-state index in [1.165, 1.54) is 12.7 Å². The van der Waals surface area contributed by atoms with Crippen LogP contribution in [0.2, 0.25) is 0 Å². The quantitative estimate of drug-likeness (QED) is 0.849. The molecule has 0 radical (unpaired) electrons. The Labute approximate surface area is 113 Å². The number of aliphatic hydroxyl groups is 1. The minimum atomic E-state index is -1.27. The molecule has 1 aromatic rings. The summed E-state index contributed by atoms with van der Waals surface area (Å²) in [5.41, 5.74) is 4.04. The number of fused-ring (bicyclic) bond motifs is 1. The van der Waals surface area contributed by atoms with E-state index in [1.807, 2.05) is 13.0 Å². The lowest BCUT2D eigenvalue weighted by molar-refractivity contribution is -0.150. The van der Waals surface area contributed by atoms with Gasteiger partial charge in [-0.15, -0.1) is 0 Å². The Kier molecular flexibility index (Phi) is 4.10. The van der Waals surface area contributed by atoms with Crippen molar-refractivity contribution in [2.45, 2.75) is 38.7 Å². The highest BCUT2D eigenvalue weighted by Crippen LogP contribution is 2.37. The Morgan fingerprint density at radius 1 is 1.26 bits per heavy atom. The second-order valence-corrected chi connectivity index (χ2v) is 4.90. The van der Waals surface area contributed by atoms with Crippen molar-refractivity contribution in [2.75, 3.05) is 14.2 Å². The fourth-order valence-electron chi connectivity index (χ4n) is 2.85. The van der Waals surface area contributed by atoms with Crippen LogP contribution in [0.25, 0.3) is 0 Å². The number of hydrogen-bond acceptors (Lipinski definition) is 4. The van der Waals surface area contributed by atoms with Gasteiger partial charge in [-0.3, -0.25) is 0 Å². The second-order valence-electron chi connectivity index (χ2n) is 4.90. The lowest BCUT2D eigenvalue weighted by Gasteiger charge is -2.25. The summed E-state index contributed by atoms with van der Waals surface area (Å²) in [5, 5.41) is 10.2. The molecular weight excluding hydrogens is 244 g/mol. The molecule has 4 nitrogen and oxygen atoms in total. The standard InChI is InChI=1S/C15H20O4/c1-9-8-12(18-2)13(14(16)15(17)19-3)11-7-5-4-6-10(9)11/h8,14,16H,4-7H2,1-3H3. The third-order valence-electron chi connectivity index (χ3n) is 3.80. The van der Waals surface area contributed by atoms with Gasteiger partial charge in [0.2, 0.25) is 0 Å². The summed E-state index contributed by atoms with van der Waals surface area (Å²) in [6.07, 6.45) is 2.81. The van der Waals surface area contributed by atoms with Gasteiger partial charge in [0.25, 0.3) is 0 Å². The minimum Gasteiger partial charge on any atom is -0.496 e. The Bertz CT molecular complexity index is 493. The summed E-state index contributed by atoms with van der Waals surface area (Å²) in [4.78, 5) is 11.6. The van der Waals surface area contributed by atoms with E-state index in [4.69, 9.17) is 4.74 Å². The molecule has 1 aromatic carbocycles. The highest BCUT2D eigenvalue weighted by atomic mass is 16.5. The molecule has 1 aliphatic carbocycles. The van der Waals surface area contributed by atoms with Crippen molar-refractivity contribution in [1.29, 1.82) is 0 Å². The molecule has 0 saturated heterocycles. The second kappa shape index (κ2) is 5.61. The zero-order valence-electron chi connectivity index (χ0n) is 11.7. The van der Waals surface area contributed by atoms with Gasteiger partial charge in [0, 0.05) is 5.56 Å². The molecule has 4 heteroatoms. The summed E-state index contributed by atoms with van der Waals surface area (Å²) < 4.78 is 9.98. The van der Waals surface area contributed by atoms with E-state index in [1.54, 1.807) is 7.11 Å². The van der Waals surface area contributed by atoms with Crippen LogP contribution in [0.5, 0.6) is 5.75 Å². The van der Waals surface area contributed by atoms with Gasteiger partial charge in [-0.05, 0) is 55.4 Å². The highest BCUT2D eigenvalue weighted by molar-refractivity contribution is 5.78. The van der Waals surface area contributed by atoms with E-state index in [0.717, 1.165) is 36.8 Å². The van der Waals surface area contributed by atoms with E-state index < -0.39 is 12.1 Å². The third-order valence-corrected chi connectivity index (χ3v) is 3.80. The van der Waals surface area contributed by atoms with Gasteiger partial charge in [-0.2, -0.15) is 0 Å². The molecule has 1 aliphatic rings. The number of hydrogen-bond donors (Lipinski definition) is 1. The molecule has 0 spiro atoms. The molecule has 19 heavy (non-hydrogen) atoms. The predicted molar refractivity (Wildman–Crippen MR) is 71.3 cm³/mol. The molecule has 104 valence electrons. The van der Waals surface area contributed by atoms with Crippen molar-refractivity contribution >= 4 is 5.97 Å². The Hall–Kier alpha value is -1.55. The van der Waals surface area contributed by atoms with Crippen molar-refractivity contribution in [3.05, 3.63) is 28.3 Å². The summed E-state index contributed by atoms with van der Waals surface area (Å²) >= 11 is 0. The van der Waals surface area contributed by atoms with Crippen LogP contribution in [0.15, 0.2) is 6.07 Å². The van der Waals surface area contributed by atoms with Gasteiger partial charge in [0.05, 0.1) is 14.2 Å². The molecule has 0 heterocycles. The summed E-state index contributed by atoms with van der Waals surface area (Å²) in [7, 11) is 2.83. The molecule has 1 atom stereocenters. The Morgan fingerprint density at radius 2 is 1.89 bits per heavy atom. The van der Waals surface area contributed by atoms with Gasteiger partial charge >= 0.3 is 5.97 Å². The van der Waals surface area contributed by atoms with Gasteiger partial charge in [0.15, 0.2) is 6.10 Å². The number of aryl methyl sites for hydroxylation is 1. The molecule has 1 unspecified atom stereocenters. The van der Waals surface area contributed by atoms with Crippen molar-refractivity contribution in [2.24, 2.45) is 0 Å². The molecule has 0 aliphatic heterocycles. The number of carbonyl (C=O) groups is 1. The van der Waals surface area contributed by atoms with Crippen molar-refractivity contribution in [3.63, 3.8) is 0 Å². The first kappa shape index (κ1) is 13.9. The van der Waals surface area contributed by atoms with Crippen LogP contribution in [-0.2, 0) is 22.4 Å². The number of methoxy groups -OCH3 is 2. The number of aliphatic hydroxyl groups excluding tert-OH is 1. The summed E-state index contributed by atoms with van der Waals surface area (Å²) in [6.45, 7) is 2.04. The lowest BCUT2D eigenvalue weighted by Crippen LogP contribution is -2.19. The number of esters is 1. The van der Waals surface area contributed by atoms with Gasteiger partial charge in [-0.1, -0.05) is 0 Å². The van der Waals surface area contributed by atoms with Crippen LogP contribution in [0, 0.1) is 6.92 Å². The van der Waals surface area contributed by atoms with Crippen LogP contribution >= 0.6 is 0 Å². The average Bonchev–Trinajstić information content (AvgIpc) is 2.45. The number of rotatable bonds is 3. The molecule has 0 saturated carbocycles. The normalized spacial score (nSPS) is 15.6. The maximum absolute atomic E-state index is 11.6. The first-order chi connectivity index (χ1) is 9.10. The monoisotopic (exact) mass is 264 g/mol. The topological polar surface area (TPSA) is 55.8 Å². The van der Waals surface area contributed by atoms with Crippen molar-refractivity contribution in [1.82, 2.24) is 0 Å². The maximum Gasteiger partial charge on any atom is 0.339 e. The smallest absolute Gasteiger partial charge is 0.339 e. The maximum atomic E-state index is 11.6. The van der Waals surface area contributed by atoms with Gasteiger partial charge < -0.3 is 14.6 Å². The van der Waals surface area contributed by atoms with E-state index in [-0.39, 0.29) is 0 Å². The number of benzene rings is 1. The predicted octanol–water partition coefficient (Wildman–Crippen LogP) is 2.09. The van der Waals surface area contributed by atoms with Gasteiger partial charge in [0.1, 0.15) is 5.75 Å². The van der Waals surface area contributed by atoms with Crippen LogP contribution in [0.4, 0.5) is 0 Å². The Morgan fingerprint density at radius 3 is 2.47 bits per heavy atom. The minimum absolute atomic E-state index is 0.566. The molecule has 0 amide bonds. The fraction of sp³-hybridized carbons (Fsp3) is 0.533. The lowest BCUT2D eigenvalue weighted by atomic mass is 9.83. The zero-order valence-corrected chi connectivity index (χ0v) is 11.7. The third kappa shape index (κ3) is 2.45. The van der Waals surface area contributed by atoms with Crippen molar-refractivity contribution < 1.29 is 19.4 Å². The Balaban J connectivity index is 2.59. The summed E-state index contributed by atoms with van der Waals surface area (Å²) in [6, 6.07) is 1.89. The molecule has 0 fully saturated rings. The molecule has 1 N–H and O–H groups in total. The average molecular weight is 264 g/mol. The van der Waals surface area contributed by atoms with Crippen molar-refractivity contribution in [3.8, 4) is 5.75 Å². The first-order valence-electron chi connectivity index (χ1n) is 6.55. The largest absolute Gasteiger partial charge is 0.496 e. The van der Waals surface area contributed by atoms with Crippen LogP contribution in [0.3, 0.4) is 0 Å². The molecule has 0 bridgehead atoms. The molecular formula is C15H20O4.